The summed E-state index contributed by atoms with van der Waals surface area (Å²) >= 11 is 0. The molecule has 0 atom stereocenters. The van der Waals surface area contributed by atoms with Crippen molar-refractivity contribution in [3.8, 4) is 11.5 Å². The summed E-state index contributed by atoms with van der Waals surface area (Å²) in [6.45, 7) is 2.11. The van der Waals surface area contributed by atoms with Crippen LogP contribution in [0.25, 0.3) is 0 Å². The van der Waals surface area contributed by atoms with Gasteiger partial charge in [-0.25, -0.2) is 0 Å². The van der Waals surface area contributed by atoms with Crippen LogP contribution in [0.4, 0.5) is 5.69 Å². The topological polar surface area (TPSA) is 76.1 Å². The van der Waals surface area contributed by atoms with Crippen LogP contribution in [0.3, 0.4) is 0 Å². The highest BCUT2D eigenvalue weighted by atomic mass is 16.5. The fourth-order valence-electron chi connectivity index (χ4n) is 2.06. The van der Waals surface area contributed by atoms with Crippen LogP contribution < -0.4 is 14.4 Å². The molecule has 1 amide bonds. The Hall–Kier alpha value is -2.24. The van der Waals surface area contributed by atoms with Crippen LogP contribution in [-0.4, -0.2) is 37.7 Å². The second kappa shape index (κ2) is 8.92. The summed E-state index contributed by atoms with van der Waals surface area (Å²) in [6.07, 6.45) is 1.93. The summed E-state index contributed by atoms with van der Waals surface area (Å²) in [7, 11) is 3.05. The minimum atomic E-state index is -0.944. The number of nitrogens with zero attached hydrogens (tertiary/aromatic N) is 1. The van der Waals surface area contributed by atoms with E-state index in [4.69, 9.17) is 14.6 Å². The normalized spacial score (nSPS) is 10.1. The average molecular weight is 309 g/mol. The summed E-state index contributed by atoms with van der Waals surface area (Å²) in [5, 5.41) is 8.89. The van der Waals surface area contributed by atoms with Gasteiger partial charge in [-0.05, 0) is 18.6 Å². The van der Waals surface area contributed by atoms with E-state index in [0.29, 0.717) is 23.6 Å². The van der Waals surface area contributed by atoms with Crippen molar-refractivity contribution in [2.45, 2.75) is 32.6 Å². The molecule has 1 aromatic carbocycles. The lowest BCUT2D eigenvalue weighted by Crippen LogP contribution is -2.33. The highest BCUT2D eigenvalue weighted by Crippen LogP contribution is 2.33. The maximum absolute atomic E-state index is 12.4. The third kappa shape index (κ3) is 4.95. The third-order valence-corrected chi connectivity index (χ3v) is 3.27. The van der Waals surface area contributed by atoms with Crippen molar-refractivity contribution in [2.24, 2.45) is 0 Å². The van der Waals surface area contributed by atoms with Crippen LogP contribution in [-0.2, 0) is 9.59 Å². The quantitative estimate of drug-likeness (QED) is 0.759. The van der Waals surface area contributed by atoms with E-state index in [1.54, 1.807) is 25.3 Å². The number of carbonyl (C=O) groups is 2. The van der Waals surface area contributed by atoms with Gasteiger partial charge in [0.2, 0.25) is 5.91 Å². The van der Waals surface area contributed by atoms with Gasteiger partial charge in [-0.3, -0.25) is 9.59 Å². The van der Waals surface area contributed by atoms with Crippen LogP contribution in [0, 0.1) is 0 Å². The molecule has 0 aliphatic heterocycles. The van der Waals surface area contributed by atoms with Crippen LogP contribution in [0.5, 0.6) is 11.5 Å². The molecule has 0 radical (unpaired) electrons. The number of carbonyl (C=O) groups excluding carboxylic acids is 1. The first-order valence-corrected chi connectivity index (χ1v) is 7.27. The van der Waals surface area contributed by atoms with Gasteiger partial charge in [-0.2, -0.15) is 0 Å². The van der Waals surface area contributed by atoms with Gasteiger partial charge in [0.05, 0.1) is 26.3 Å². The van der Waals surface area contributed by atoms with Gasteiger partial charge in [-0.1, -0.05) is 13.3 Å². The molecule has 0 bridgehead atoms. The van der Waals surface area contributed by atoms with Gasteiger partial charge in [0.15, 0.2) is 0 Å². The van der Waals surface area contributed by atoms with Crippen LogP contribution in [0.1, 0.15) is 32.6 Å². The molecule has 1 N–H and O–H groups in total. The number of carboxylic acids is 1. The Kier molecular flexibility index (Phi) is 7.22. The highest BCUT2D eigenvalue weighted by Gasteiger charge is 2.20. The second-order valence-corrected chi connectivity index (χ2v) is 4.83. The van der Waals surface area contributed by atoms with Crippen molar-refractivity contribution in [1.82, 2.24) is 0 Å². The Morgan fingerprint density at radius 2 is 1.91 bits per heavy atom. The van der Waals surface area contributed by atoms with Crippen LogP contribution >= 0.6 is 0 Å². The minimum Gasteiger partial charge on any atom is -0.497 e. The molecule has 1 aromatic rings. The van der Waals surface area contributed by atoms with Crippen molar-refractivity contribution in [3.63, 3.8) is 0 Å². The van der Waals surface area contributed by atoms with Gasteiger partial charge in [0, 0.05) is 19.0 Å². The van der Waals surface area contributed by atoms with E-state index in [2.05, 4.69) is 0 Å². The highest BCUT2D eigenvalue weighted by molar-refractivity contribution is 5.95. The molecule has 6 nitrogen and oxygen atoms in total. The first-order chi connectivity index (χ1) is 10.5. The summed E-state index contributed by atoms with van der Waals surface area (Å²) in [5.41, 5.74) is 0.561. The van der Waals surface area contributed by atoms with Crippen molar-refractivity contribution in [2.75, 3.05) is 25.7 Å². The predicted octanol–water partition coefficient (Wildman–Crippen LogP) is 2.70. The van der Waals surface area contributed by atoms with Gasteiger partial charge in [0.25, 0.3) is 0 Å². The number of methoxy groups -OCH3 is 2. The lowest BCUT2D eigenvalue weighted by Gasteiger charge is -2.24. The molecule has 6 heteroatoms. The fraction of sp³-hybridized carbons (Fsp3) is 0.500. The zero-order chi connectivity index (χ0) is 16.5. The van der Waals surface area contributed by atoms with Crippen molar-refractivity contribution < 1.29 is 24.2 Å². The molecule has 0 aromatic heterocycles. The van der Waals surface area contributed by atoms with E-state index in [0.717, 1.165) is 12.8 Å². The Bertz CT molecular complexity index is 515. The number of aliphatic carboxylic acids is 1. The summed E-state index contributed by atoms with van der Waals surface area (Å²) in [6, 6.07) is 5.11. The van der Waals surface area contributed by atoms with Crippen molar-refractivity contribution >= 4 is 17.6 Å². The maximum Gasteiger partial charge on any atom is 0.305 e. The molecular formula is C16H23NO5. The molecule has 0 saturated heterocycles. The minimum absolute atomic E-state index is 0.105. The Balaban J connectivity index is 3.08. The van der Waals surface area contributed by atoms with E-state index >= 15 is 0 Å². The predicted molar refractivity (Wildman–Crippen MR) is 83.7 cm³/mol. The molecule has 0 saturated carbocycles. The first-order valence-electron chi connectivity index (χ1n) is 7.27. The first kappa shape index (κ1) is 17.8. The lowest BCUT2D eigenvalue weighted by atomic mass is 10.2. The molecule has 0 heterocycles. The third-order valence-electron chi connectivity index (χ3n) is 3.27. The zero-order valence-corrected chi connectivity index (χ0v) is 13.3. The standard InChI is InChI=1S/C16H23NO5/c1-4-5-6-15(18)17(10-9-16(19)20)13-8-7-12(21-2)11-14(13)22-3/h7-8,11H,4-6,9-10H2,1-3H3,(H,19,20). The number of benzene rings is 1. The Morgan fingerprint density at radius 1 is 1.18 bits per heavy atom. The van der Waals surface area contributed by atoms with E-state index in [-0.39, 0.29) is 18.9 Å². The van der Waals surface area contributed by atoms with E-state index in [1.807, 2.05) is 6.92 Å². The van der Waals surface area contributed by atoms with Crippen LogP contribution in [0.2, 0.25) is 0 Å². The molecule has 0 aliphatic carbocycles. The van der Waals surface area contributed by atoms with Gasteiger partial charge < -0.3 is 19.5 Å². The number of ether oxygens (including phenoxy) is 2. The second-order valence-electron chi connectivity index (χ2n) is 4.83. The smallest absolute Gasteiger partial charge is 0.305 e. The average Bonchev–Trinajstić information content (AvgIpc) is 2.52. The van der Waals surface area contributed by atoms with E-state index < -0.39 is 5.97 Å². The number of hydrogen-bond acceptors (Lipinski definition) is 4. The molecule has 1 rings (SSSR count). The molecular weight excluding hydrogens is 286 g/mol. The number of carboxylic acid groups (broad SMARTS) is 1. The monoisotopic (exact) mass is 309 g/mol. The number of unbranched alkanes of at least 4 members (excludes halogenated alkanes) is 1. The molecule has 0 aliphatic rings. The van der Waals surface area contributed by atoms with Crippen LogP contribution in [0.15, 0.2) is 18.2 Å². The van der Waals surface area contributed by atoms with E-state index in [9.17, 15) is 9.59 Å². The largest absolute Gasteiger partial charge is 0.497 e. The number of anilines is 1. The molecule has 0 spiro atoms. The SMILES string of the molecule is CCCCC(=O)N(CCC(=O)O)c1ccc(OC)cc1OC. The molecule has 122 valence electrons. The maximum atomic E-state index is 12.4. The summed E-state index contributed by atoms with van der Waals surface area (Å²) < 4.78 is 10.4. The molecule has 0 fully saturated rings. The molecule has 22 heavy (non-hydrogen) atoms. The molecule has 0 unspecified atom stereocenters. The van der Waals surface area contributed by atoms with Crippen molar-refractivity contribution in [3.05, 3.63) is 18.2 Å². The summed E-state index contributed by atoms with van der Waals surface area (Å²) in [4.78, 5) is 24.7. The van der Waals surface area contributed by atoms with E-state index in [1.165, 1.54) is 12.0 Å². The Labute approximate surface area is 130 Å². The van der Waals surface area contributed by atoms with Gasteiger partial charge in [-0.15, -0.1) is 0 Å². The fourth-order valence-corrected chi connectivity index (χ4v) is 2.06. The number of rotatable bonds is 9. The summed E-state index contributed by atoms with van der Waals surface area (Å²) in [5.74, 6) is 0.0433. The van der Waals surface area contributed by atoms with Gasteiger partial charge >= 0.3 is 5.97 Å². The zero-order valence-electron chi connectivity index (χ0n) is 13.3. The number of hydrogen-bond donors (Lipinski definition) is 1. The number of amides is 1. The van der Waals surface area contributed by atoms with Crippen molar-refractivity contribution in [1.29, 1.82) is 0 Å². The Morgan fingerprint density at radius 3 is 2.45 bits per heavy atom. The van der Waals surface area contributed by atoms with Gasteiger partial charge in [0.1, 0.15) is 11.5 Å². The lowest BCUT2D eigenvalue weighted by molar-refractivity contribution is -0.136.